The number of hydrogen-bond donors (Lipinski definition) is 1. The van der Waals surface area contributed by atoms with Crippen LogP contribution >= 0.6 is 11.3 Å². The molecule has 0 spiro atoms. The highest BCUT2D eigenvalue weighted by Crippen LogP contribution is 2.17. The van der Waals surface area contributed by atoms with Gasteiger partial charge in [-0.1, -0.05) is 12.1 Å². The van der Waals surface area contributed by atoms with Crippen molar-refractivity contribution in [3.05, 3.63) is 51.7 Å². The van der Waals surface area contributed by atoms with Crippen molar-refractivity contribution in [2.24, 2.45) is 0 Å². The third kappa shape index (κ3) is 5.02. The number of carbonyl (C=O) groups is 2. The van der Waals surface area contributed by atoms with Gasteiger partial charge >= 0.3 is 12.6 Å². The molecule has 8 heteroatoms. The summed E-state index contributed by atoms with van der Waals surface area (Å²) < 4.78 is 32.9. The lowest BCUT2D eigenvalue weighted by Crippen LogP contribution is -2.24. The zero-order valence-electron chi connectivity index (χ0n) is 12.8. The minimum absolute atomic E-state index is 0.0895. The van der Waals surface area contributed by atoms with Crippen LogP contribution in [0.5, 0.6) is 5.75 Å². The number of esters is 1. The molecule has 5 nitrogen and oxygen atoms in total. The largest absolute Gasteiger partial charge is 0.465 e. The summed E-state index contributed by atoms with van der Waals surface area (Å²) in [6.45, 7) is -2.48. The first-order chi connectivity index (χ1) is 11.5. The smallest absolute Gasteiger partial charge is 0.387 e. The molecule has 0 aliphatic rings. The monoisotopic (exact) mass is 355 g/mol. The molecule has 0 saturated heterocycles. The molecule has 1 aromatic carbocycles. The first kappa shape index (κ1) is 17.9. The maximum atomic E-state index is 12.1. The van der Waals surface area contributed by atoms with Gasteiger partial charge in [-0.2, -0.15) is 8.78 Å². The SMILES string of the molecule is COC(=O)c1ccc(C(=O)NCCc2ccc(OC(F)F)cc2)s1. The fourth-order valence-electron chi connectivity index (χ4n) is 1.92. The van der Waals surface area contributed by atoms with Gasteiger partial charge in [-0.05, 0) is 36.2 Å². The van der Waals surface area contributed by atoms with E-state index in [1.807, 2.05) is 0 Å². The Balaban J connectivity index is 1.82. The average Bonchev–Trinajstić information content (AvgIpc) is 3.05. The second-order valence-electron chi connectivity index (χ2n) is 4.68. The Bertz CT molecular complexity index is 700. The number of benzene rings is 1. The van der Waals surface area contributed by atoms with E-state index in [0.717, 1.165) is 16.9 Å². The van der Waals surface area contributed by atoms with Gasteiger partial charge in [0.1, 0.15) is 10.6 Å². The summed E-state index contributed by atoms with van der Waals surface area (Å²) in [7, 11) is 1.28. The zero-order chi connectivity index (χ0) is 17.5. The maximum Gasteiger partial charge on any atom is 0.387 e. The standard InChI is InChI=1S/C16H15F2NO4S/c1-22-15(21)13-7-6-12(24-13)14(20)19-9-8-10-2-4-11(5-3-10)23-16(17)18/h2-7,16H,8-9H2,1H3,(H,19,20). The lowest BCUT2D eigenvalue weighted by atomic mass is 10.1. The van der Waals surface area contributed by atoms with Crippen molar-refractivity contribution in [1.29, 1.82) is 0 Å². The molecule has 0 atom stereocenters. The van der Waals surface area contributed by atoms with E-state index in [9.17, 15) is 18.4 Å². The molecule has 0 unspecified atom stereocenters. The zero-order valence-corrected chi connectivity index (χ0v) is 13.6. The Morgan fingerprint density at radius 2 is 1.79 bits per heavy atom. The predicted octanol–water partition coefficient (Wildman–Crippen LogP) is 3.11. The van der Waals surface area contributed by atoms with Gasteiger partial charge in [-0.25, -0.2) is 4.79 Å². The van der Waals surface area contributed by atoms with Crippen LogP contribution in [-0.2, 0) is 11.2 Å². The van der Waals surface area contributed by atoms with Crippen LogP contribution in [0.4, 0.5) is 8.78 Å². The van der Waals surface area contributed by atoms with Crippen LogP contribution in [0, 0.1) is 0 Å². The van der Waals surface area contributed by atoms with Crippen molar-refractivity contribution < 1.29 is 27.8 Å². The topological polar surface area (TPSA) is 64.6 Å². The van der Waals surface area contributed by atoms with Crippen LogP contribution in [0.15, 0.2) is 36.4 Å². The highest BCUT2D eigenvalue weighted by Gasteiger charge is 2.13. The van der Waals surface area contributed by atoms with Crippen LogP contribution in [0.25, 0.3) is 0 Å². The number of methoxy groups -OCH3 is 1. The van der Waals surface area contributed by atoms with Crippen LogP contribution in [0.2, 0.25) is 0 Å². The maximum absolute atomic E-state index is 12.1. The lowest BCUT2D eigenvalue weighted by Gasteiger charge is -2.06. The fraction of sp³-hybridized carbons (Fsp3) is 0.250. The molecule has 0 radical (unpaired) electrons. The van der Waals surface area contributed by atoms with E-state index in [4.69, 9.17) is 0 Å². The molecule has 1 amide bonds. The van der Waals surface area contributed by atoms with E-state index in [1.54, 1.807) is 18.2 Å². The number of hydrogen-bond acceptors (Lipinski definition) is 5. The van der Waals surface area contributed by atoms with E-state index in [0.29, 0.717) is 22.7 Å². The number of halogens is 2. The second-order valence-corrected chi connectivity index (χ2v) is 5.77. The molecule has 0 saturated carbocycles. The van der Waals surface area contributed by atoms with Crippen molar-refractivity contribution in [3.63, 3.8) is 0 Å². The highest BCUT2D eigenvalue weighted by atomic mass is 32.1. The molecule has 0 aliphatic carbocycles. The molecular formula is C16H15F2NO4S. The molecule has 2 rings (SSSR count). The van der Waals surface area contributed by atoms with Gasteiger partial charge in [-0.15, -0.1) is 11.3 Å². The van der Waals surface area contributed by atoms with Gasteiger partial charge in [0.05, 0.1) is 12.0 Å². The van der Waals surface area contributed by atoms with Crippen molar-refractivity contribution in [1.82, 2.24) is 5.32 Å². The number of carbonyl (C=O) groups excluding carboxylic acids is 2. The third-order valence-electron chi connectivity index (χ3n) is 3.06. The molecular weight excluding hydrogens is 340 g/mol. The molecule has 128 valence electrons. The number of thiophene rings is 1. The Morgan fingerprint density at radius 1 is 1.12 bits per heavy atom. The summed E-state index contributed by atoms with van der Waals surface area (Å²) in [5.41, 5.74) is 0.873. The summed E-state index contributed by atoms with van der Waals surface area (Å²) in [6, 6.07) is 9.31. The molecule has 1 heterocycles. The van der Waals surface area contributed by atoms with Crippen LogP contribution in [-0.4, -0.2) is 32.1 Å². The molecule has 1 aromatic heterocycles. The highest BCUT2D eigenvalue weighted by molar-refractivity contribution is 7.15. The molecule has 0 fully saturated rings. The lowest BCUT2D eigenvalue weighted by molar-refractivity contribution is -0.0498. The Hall–Kier alpha value is -2.48. The molecule has 1 N–H and O–H groups in total. The van der Waals surface area contributed by atoms with E-state index in [-0.39, 0.29) is 11.7 Å². The number of amides is 1. The summed E-state index contributed by atoms with van der Waals surface area (Å²) in [5, 5.41) is 2.73. The van der Waals surface area contributed by atoms with Gasteiger partial charge in [0.15, 0.2) is 0 Å². The van der Waals surface area contributed by atoms with Gasteiger partial charge in [0.2, 0.25) is 0 Å². The Labute approximate surface area is 141 Å². The van der Waals surface area contributed by atoms with E-state index < -0.39 is 12.6 Å². The van der Waals surface area contributed by atoms with Crippen LogP contribution in [0.3, 0.4) is 0 Å². The number of rotatable bonds is 7. The summed E-state index contributed by atoms with van der Waals surface area (Å²) in [4.78, 5) is 24.1. The van der Waals surface area contributed by atoms with Crippen LogP contribution < -0.4 is 10.1 Å². The molecule has 2 aromatic rings. The van der Waals surface area contributed by atoms with Crippen LogP contribution in [0.1, 0.15) is 24.9 Å². The van der Waals surface area contributed by atoms with Crippen molar-refractivity contribution in [2.45, 2.75) is 13.0 Å². The summed E-state index contributed by atoms with van der Waals surface area (Å²) >= 11 is 1.05. The first-order valence-corrected chi connectivity index (χ1v) is 7.81. The van der Waals surface area contributed by atoms with Crippen molar-refractivity contribution >= 4 is 23.2 Å². The number of alkyl halides is 2. The number of ether oxygens (including phenoxy) is 2. The van der Waals surface area contributed by atoms with Gasteiger partial charge in [0.25, 0.3) is 5.91 Å². The van der Waals surface area contributed by atoms with Gasteiger partial charge in [0, 0.05) is 6.54 Å². The predicted molar refractivity (Wildman–Crippen MR) is 84.8 cm³/mol. The van der Waals surface area contributed by atoms with Crippen molar-refractivity contribution in [3.8, 4) is 5.75 Å². The fourth-order valence-corrected chi connectivity index (χ4v) is 2.76. The summed E-state index contributed by atoms with van der Waals surface area (Å²) in [6.07, 6.45) is 0.538. The molecule has 24 heavy (non-hydrogen) atoms. The Morgan fingerprint density at radius 3 is 2.42 bits per heavy atom. The Kier molecular flexibility index (Phi) is 6.25. The van der Waals surface area contributed by atoms with E-state index in [2.05, 4.69) is 14.8 Å². The normalized spacial score (nSPS) is 10.5. The first-order valence-electron chi connectivity index (χ1n) is 6.99. The number of nitrogens with one attached hydrogen (secondary N) is 1. The molecule has 0 aliphatic heterocycles. The third-order valence-corrected chi connectivity index (χ3v) is 4.13. The van der Waals surface area contributed by atoms with Gasteiger partial charge in [-0.3, -0.25) is 4.79 Å². The van der Waals surface area contributed by atoms with E-state index in [1.165, 1.54) is 25.3 Å². The minimum Gasteiger partial charge on any atom is -0.465 e. The van der Waals surface area contributed by atoms with Gasteiger partial charge < -0.3 is 14.8 Å². The minimum atomic E-state index is -2.85. The summed E-state index contributed by atoms with van der Waals surface area (Å²) in [5.74, 6) is -0.676. The van der Waals surface area contributed by atoms with Crippen molar-refractivity contribution in [2.75, 3.05) is 13.7 Å². The van der Waals surface area contributed by atoms with E-state index >= 15 is 0 Å². The quantitative estimate of drug-likeness (QED) is 0.775. The average molecular weight is 355 g/mol. The second kappa shape index (κ2) is 8.39. The molecule has 0 bridgehead atoms.